The van der Waals surface area contributed by atoms with Crippen molar-refractivity contribution in [3.05, 3.63) is 60.2 Å². The summed E-state index contributed by atoms with van der Waals surface area (Å²) in [7, 11) is 1.67. The van der Waals surface area contributed by atoms with Gasteiger partial charge in [0, 0.05) is 26.2 Å². The van der Waals surface area contributed by atoms with Crippen molar-refractivity contribution in [1.82, 2.24) is 4.90 Å². The molecule has 0 spiro atoms. The van der Waals surface area contributed by atoms with Crippen molar-refractivity contribution in [2.75, 3.05) is 33.4 Å². The van der Waals surface area contributed by atoms with E-state index in [4.69, 9.17) is 14.2 Å². The van der Waals surface area contributed by atoms with Gasteiger partial charge in [-0.3, -0.25) is 4.90 Å². The molecule has 1 aliphatic heterocycles. The van der Waals surface area contributed by atoms with Gasteiger partial charge in [0.25, 0.3) is 0 Å². The average Bonchev–Trinajstić information content (AvgIpc) is 3.21. The van der Waals surface area contributed by atoms with Gasteiger partial charge in [-0.15, -0.1) is 0 Å². The predicted octanol–water partition coefficient (Wildman–Crippen LogP) is 3.12. The van der Waals surface area contributed by atoms with Gasteiger partial charge in [0.05, 0.1) is 13.2 Å². The van der Waals surface area contributed by atoms with Crippen LogP contribution in [0.1, 0.15) is 18.4 Å². The maximum atomic E-state index is 10.5. The van der Waals surface area contributed by atoms with Gasteiger partial charge in [0.15, 0.2) is 0 Å². The number of aliphatic hydroxyl groups excluding tert-OH is 1. The number of nitrogens with zero attached hydrogens (tertiary/aromatic N) is 1. The third-order valence-corrected chi connectivity index (χ3v) is 4.71. The second-order valence-electron chi connectivity index (χ2n) is 6.96. The smallest absolute Gasteiger partial charge is 0.119 e. The maximum Gasteiger partial charge on any atom is 0.119 e. The molecule has 0 unspecified atom stereocenters. The number of ether oxygens (including phenoxy) is 3. The van der Waals surface area contributed by atoms with Crippen molar-refractivity contribution in [3.8, 4) is 11.5 Å². The molecule has 1 N–H and O–H groups in total. The van der Waals surface area contributed by atoms with E-state index >= 15 is 0 Å². The fourth-order valence-electron chi connectivity index (χ4n) is 3.33. The average molecular weight is 371 g/mol. The first kappa shape index (κ1) is 19.7. The van der Waals surface area contributed by atoms with Crippen LogP contribution in [0.2, 0.25) is 0 Å². The van der Waals surface area contributed by atoms with Crippen LogP contribution in [0.4, 0.5) is 0 Å². The number of aliphatic hydroxyl groups is 1. The van der Waals surface area contributed by atoms with Crippen LogP contribution in [0.5, 0.6) is 11.5 Å². The molecule has 0 aliphatic carbocycles. The summed E-state index contributed by atoms with van der Waals surface area (Å²) in [5, 5.41) is 10.5. The van der Waals surface area contributed by atoms with Gasteiger partial charge in [-0.05, 0) is 42.7 Å². The summed E-state index contributed by atoms with van der Waals surface area (Å²) in [6.07, 6.45) is 1.87. The fraction of sp³-hybridized carbons (Fsp3) is 0.455. The van der Waals surface area contributed by atoms with Crippen molar-refractivity contribution in [1.29, 1.82) is 0 Å². The molecule has 0 saturated carbocycles. The third kappa shape index (κ3) is 6.54. The lowest BCUT2D eigenvalue weighted by molar-refractivity contribution is 0.0313. The molecule has 0 bridgehead atoms. The molecular weight excluding hydrogens is 342 g/mol. The van der Waals surface area contributed by atoms with Gasteiger partial charge in [-0.1, -0.05) is 30.3 Å². The number of para-hydroxylation sites is 1. The van der Waals surface area contributed by atoms with E-state index < -0.39 is 6.10 Å². The molecule has 1 fully saturated rings. The molecule has 0 amide bonds. The topological polar surface area (TPSA) is 51.2 Å². The van der Waals surface area contributed by atoms with Gasteiger partial charge in [0.2, 0.25) is 0 Å². The Labute approximate surface area is 161 Å². The van der Waals surface area contributed by atoms with Crippen molar-refractivity contribution in [3.63, 3.8) is 0 Å². The third-order valence-electron chi connectivity index (χ3n) is 4.71. The Kier molecular flexibility index (Phi) is 7.51. The Bertz CT molecular complexity index is 656. The number of hydrogen-bond donors (Lipinski definition) is 1. The summed E-state index contributed by atoms with van der Waals surface area (Å²) in [6, 6.07) is 17.7. The molecule has 2 atom stereocenters. The van der Waals surface area contributed by atoms with Gasteiger partial charge in [-0.25, -0.2) is 0 Å². The molecule has 0 radical (unpaired) electrons. The van der Waals surface area contributed by atoms with Crippen LogP contribution in [-0.4, -0.2) is 55.6 Å². The lowest BCUT2D eigenvalue weighted by Crippen LogP contribution is -2.39. The van der Waals surface area contributed by atoms with E-state index in [9.17, 15) is 5.11 Å². The minimum atomic E-state index is -0.565. The highest BCUT2D eigenvalue weighted by Gasteiger charge is 2.21. The summed E-state index contributed by atoms with van der Waals surface area (Å²) in [5.41, 5.74) is 1.19. The van der Waals surface area contributed by atoms with Crippen molar-refractivity contribution < 1.29 is 19.3 Å². The lowest BCUT2D eigenvalue weighted by Gasteiger charge is -2.27. The summed E-state index contributed by atoms with van der Waals surface area (Å²) >= 11 is 0. The zero-order valence-corrected chi connectivity index (χ0v) is 15.9. The normalized spacial score (nSPS) is 17.8. The Morgan fingerprint density at radius 3 is 2.56 bits per heavy atom. The molecule has 5 nitrogen and oxygen atoms in total. The largest absolute Gasteiger partial charge is 0.497 e. The highest BCUT2D eigenvalue weighted by atomic mass is 16.5. The zero-order chi connectivity index (χ0) is 18.9. The molecule has 1 saturated heterocycles. The van der Waals surface area contributed by atoms with Gasteiger partial charge < -0.3 is 19.3 Å². The van der Waals surface area contributed by atoms with Crippen LogP contribution < -0.4 is 9.47 Å². The van der Waals surface area contributed by atoms with Gasteiger partial charge in [0.1, 0.15) is 24.2 Å². The van der Waals surface area contributed by atoms with E-state index in [1.165, 1.54) is 5.56 Å². The highest BCUT2D eigenvalue weighted by Crippen LogP contribution is 2.17. The van der Waals surface area contributed by atoms with Crippen LogP contribution >= 0.6 is 0 Å². The standard InChI is InChI=1S/C22H29NO4/c1-25-20-11-9-18(10-12-20)14-23(16-22-8-5-13-26-22)15-19(24)17-27-21-6-3-2-4-7-21/h2-4,6-7,9-12,19,22,24H,5,8,13-17H2,1H3/t19-,22+/m0/s1. The quantitative estimate of drug-likeness (QED) is 0.695. The molecule has 5 heteroatoms. The Hall–Kier alpha value is -2.08. The molecule has 1 heterocycles. The van der Waals surface area contributed by atoms with Crippen molar-refractivity contribution >= 4 is 0 Å². The Morgan fingerprint density at radius 1 is 1.11 bits per heavy atom. The minimum absolute atomic E-state index is 0.241. The monoisotopic (exact) mass is 371 g/mol. The number of rotatable bonds is 10. The Balaban J connectivity index is 1.56. The molecule has 2 aromatic rings. The van der Waals surface area contributed by atoms with E-state index in [1.807, 2.05) is 42.5 Å². The van der Waals surface area contributed by atoms with E-state index in [0.29, 0.717) is 6.54 Å². The molecule has 27 heavy (non-hydrogen) atoms. The van der Waals surface area contributed by atoms with E-state index in [-0.39, 0.29) is 12.7 Å². The first-order valence-corrected chi connectivity index (χ1v) is 9.56. The van der Waals surface area contributed by atoms with E-state index in [1.54, 1.807) is 7.11 Å². The SMILES string of the molecule is COc1ccc(CN(C[C@H](O)COc2ccccc2)C[C@H]2CCCO2)cc1. The molecule has 1 aliphatic rings. The van der Waals surface area contributed by atoms with Gasteiger partial charge in [-0.2, -0.15) is 0 Å². The molecular formula is C22H29NO4. The fourth-order valence-corrected chi connectivity index (χ4v) is 3.33. The van der Waals surface area contributed by atoms with Crippen LogP contribution in [0.3, 0.4) is 0 Å². The predicted molar refractivity (Wildman–Crippen MR) is 105 cm³/mol. The summed E-state index contributed by atoms with van der Waals surface area (Å²) < 4.78 is 16.7. The van der Waals surface area contributed by atoms with Crippen molar-refractivity contribution in [2.24, 2.45) is 0 Å². The number of hydrogen-bond acceptors (Lipinski definition) is 5. The molecule has 3 rings (SSSR count). The maximum absolute atomic E-state index is 10.5. The van der Waals surface area contributed by atoms with Crippen LogP contribution in [0.15, 0.2) is 54.6 Å². The molecule has 0 aromatic heterocycles. The Morgan fingerprint density at radius 2 is 1.89 bits per heavy atom. The second kappa shape index (κ2) is 10.3. The molecule has 146 valence electrons. The lowest BCUT2D eigenvalue weighted by atomic mass is 10.1. The van der Waals surface area contributed by atoms with E-state index in [2.05, 4.69) is 17.0 Å². The number of benzene rings is 2. The van der Waals surface area contributed by atoms with E-state index in [0.717, 1.165) is 44.0 Å². The van der Waals surface area contributed by atoms with Crippen molar-refractivity contribution in [2.45, 2.75) is 31.6 Å². The summed E-state index contributed by atoms with van der Waals surface area (Å²) in [6.45, 7) is 3.22. The summed E-state index contributed by atoms with van der Waals surface area (Å²) in [4.78, 5) is 2.25. The van der Waals surface area contributed by atoms with Crippen LogP contribution in [0, 0.1) is 0 Å². The highest BCUT2D eigenvalue weighted by molar-refractivity contribution is 5.27. The van der Waals surface area contributed by atoms with Gasteiger partial charge >= 0.3 is 0 Å². The second-order valence-corrected chi connectivity index (χ2v) is 6.96. The van der Waals surface area contributed by atoms with Crippen LogP contribution in [-0.2, 0) is 11.3 Å². The first-order chi connectivity index (χ1) is 13.2. The summed E-state index contributed by atoms with van der Waals surface area (Å²) in [5.74, 6) is 1.62. The number of methoxy groups -OCH3 is 1. The molecule has 2 aromatic carbocycles. The first-order valence-electron chi connectivity index (χ1n) is 9.56. The zero-order valence-electron chi connectivity index (χ0n) is 15.9. The van der Waals surface area contributed by atoms with Crippen LogP contribution in [0.25, 0.3) is 0 Å². The minimum Gasteiger partial charge on any atom is -0.497 e.